The average Bonchev–Trinajstić information content (AvgIpc) is 2.94. The molecule has 0 amide bonds. The predicted octanol–water partition coefficient (Wildman–Crippen LogP) is 2.04. The molecule has 9 heteroatoms. The van der Waals surface area contributed by atoms with Crippen molar-refractivity contribution in [2.24, 2.45) is 0 Å². The van der Waals surface area contributed by atoms with Crippen molar-refractivity contribution >= 4 is 31.4 Å². The number of nitrogens with zero attached hydrogens (tertiary/aromatic N) is 1. The lowest BCUT2D eigenvalue weighted by molar-refractivity contribution is 0.403. The maximum atomic E-state index is 12.6. The van der Waals surface area contributed by atoms with Gasteiger partial charge in [-0.2, -0.15) is 0 Å². The summed E-state index contributed by atoms with van der Waals surface area (Å²) in [5.41, 5.74) is 0.725. The van der Waals surface area contributed by atoms with Gasteiger partial charge in [0, 0.05) is 6.54 Å². The second-order valence-electron chi connectivity index (χ2n) is 5.55. The predicted molar refractivity (Wildman–Crippen MR) is 96.0 cm³/mol. The van der Waals surface area contributed by atoms with Gasteiger partial charge in [-0.15, -0.1) is 0 Å². The number of benzene rings is 2. The van der Waals surface area contributed by atoms with E-state index in [-0.39, 0.29) is 22.1 Å². The molecule has 1 saturated heterocycles. The average molecular weight is 382 g/mol. The molecule has 0 saturated carbocycles. The number of hydrogen-bond acceptors (Lipinski definition) is 5. The largest absolute Gasteiger partial charge is 0.495 e. The van der Waals surface area contributed by atoms with Crippen LogP contribution < -0.4 is 13.8 Å². The molecule has 1 aliphatic rings. The first kappa shape index (κ1) is 17.6. The second kappa shape index (κ2) is 6.57. The van der Waals surface area contributed by atoms with Gasteiger partial charge in [0.1, 0.15) is 10.6 Å². The van der Waals surface area contributed by atoms with E-state index in [0.29, 0.717) is 18.7 Å². The van der Waals surface area contributed by atoms with Gasteiger partial charge in [0.2, 0.25) is 10.0 Å². The van der Waals surface area contributed by atoms with Crippen LogP contribution in [0.15, 0.2) is 53.4 Å². The van der Waals surface area contributed by atoms with Crippen molar-refractivity contribution in [1.29, 1.82) is 0 Å². The van der Waals surface area contributed by atoms with Crippen molar-refractivity contribution in [3.05, 3.63) is 48.5 Å². The second-order valence-corrected chi connectivity index (χ2v) is 9.21. The normalized spacial score (nSPS) is 16.6. The molecule has 7 nitrogen and oxygen atoms in total. The number of rotatable bonds is 5. The van der Waals surface area contributed by atoms with E-state index in [9.17, 15) is 16.8 Å². The smallest absolute Gasteiger partial charge is 0.265 e. The summed E-state index contributed by atoms with van der Waals surface area (Å²) in [5.74, 6) is 0.331. The minimum Gasteiger partial charge on any atom is -0.495 e. The molecule has 0 aliphatic carbocycles. The zero-order chi connectivity index (χ0) is 18.1. The van der Waals surface area contributed by atoms with E-state index in [2.05, 4.69) is 4.72 Å². The highest BCUT2D eigenvalue weighted by Crippen LogP contribution is 2.29. The molecular weight excluding hydrogens is 364 g/mol. The quantitative estimate of drug-likeness (QED) is 0.854. The van der Waals surface area contributed by atoms with Crippen molar-refractivity contribution < 1.29 is 21.6 Å². The third kappa shape index (κ3) is 3.57. The van der Waals surface area contributed by atoms with E-state index in [1.807, 2.05) is 0 Å². The molecule has 1 heterocycles. The zero-order valence-electron chi connectivity index (χ0n) is 13.5. The van der Waals surface area contributed by atoms with Gasteiger partial charge < -0.3 is 4.74 Å². The van der Waals surface area contributed by atoms with Gasteiger partial charge in [-0.3, -0.25) is 9.03 Å². The topological polar surface area (TPSA) is 92.8 Å². The van der Waals surface area contributed by atoms with Gasteiger partial charge in [0.05, 0.1) is 24.2 Å². The molecule has 0 radical (unpaired) electrons. The van der Waals surface area contributed by atoms with Gasteiger partial charge in [-0.05, 0) is 36.8 Å². The Labute approximate surface area is 147 Å². The Morgan fingerprint density at radius 3 is 2.56 bits per heavy atom. The summed E-state index contributed by atoms with van der Waals surface area (Å²) in [4.78, 5) is 0.0108. The maximum absolute atomic E-state index is 12.6. The molecule has 1 fully saturated rings. The van der Waals surface area contributed by atoms with Crippen LogP contribution in [-0.2, 0) is 20.0 Å². The summed E-state index contributed by atoms with van der Waals surface area (Å²) in [6.07, 6.45) is 0.555. The van der Waals surface area contributed by atoms with E-state index in [4.69, 9.17) is 4.74 Å². The molecule has 25 heavy (non-hydrogen) atoms. The summed E-state index contributed by atoms with van der Waals surface area (Å²) in [6.45, 7) is 0.394. The third-order valence-corrected chi connectivity index (χ3v) is 7.13. The number of sulfonamides is 2. The van der Waals surface area contributed by atoms with Crippen LogP contribution in [0.3, 0.4) is 0 Å². The zero-order valence-corrected chi connectivity index (χ0v) is 15.2. The minimum atomic E-state index is -3.87. The fourth-order valence-electron chi connectivity index (χ4n) is 2.71. The van der Waals surface area contributed by atoms with E-state index < -0.39 is 20.0 Å². The highest BCUT2D eigenvalue weighted by Gasteiger charge is 2.28. The van der Waals surface area contributed by atoms with Crippen LogP contribution in [0.2, 0.25) is 0 Å². The molecule has 1 N–H and O–H groups in total. The Morgan fingerprint density at radius 2 is 1.88 bits per heavy atom. The number of para-hydroxylation sites is 1. The van der Waals surface area contributed by atoms with E-state index in [1.54, 1.807) is 36.4 Å². The Kier molecular flexibility index (Phi) is 4.61. The molecule has 2 aromatic carbocycles. The molecule has 0 unspecified atom stereocenters. The van der Waals surface area contributed by atoms with Crippen LogP contribution in [0, 0.1) is 0 Å². The Hall–Kier alpha value is -2.26. The number of ether oxygens (including phenoxy) is 1. The SMILES string of the molecule is COc1ccccc1S(=O)(=O)Nc1cccc(N2CCCS2(=O)=O)c1. The summed E-state index contributed by atoms with van der Waals surface area (Å²) in [5, 5.41) is 0. The first-order valence-corrected chi connectivity index (χ1v) is 10.7. The molecular formula is C16H18N2O5S2. The maximum Gasteiger partial charge on any atom is 0.265 e. The first-order chi connectivity index (χ1) is 11.8. The summed E-state index contributed by atoms with van der Waals surface area (Å²) >= 11 is 0. The molecule has 1 aliphatic heterocycles. The van der Waals surface area contributed by atoms with E-state index in [0.717, 1.165) is 0 Å². The first-order valence-electron chi connectivity index (χ1n) is 7.60. The fourth-order valence-corrected chi connectivity index (χ4v) is 5.48. The third-order valence-electron chi connectivity index (χ3n) is 3.84. The number of nitrogens with one attached hydrogen (secondary N) is 1. The minimum absolute atomic E-state index is 0.0108. The molecule has 3 rings (SSSR count). The summed E-state index contributed by atoms with van der Waals surface area (Å²) < 4.78 is 58.2. The van der Waals surface area contributed by atoms with Crippen LogP contribution >= 0.6 is 0 Å². The van der Waals surface area contributed by atoms with Gasteiger partial charge in [0.25, 0.3) is 10.0 Å². The van der Waals surface area contributed by atoms with E-state index in [1.165, 1.54) is 23.5 Å². The highest BCUT2D eigenvalue weighted by atomic mass is 32.2. The van der Waals surface area contributed by atoms with Gasteiger partial charge in [-0.1, -0.05) is 18.2 Å². The fraction of sp³-hybridized carbons (Fsp3) is 0.250. The van der Waals surface area contributed by atoms with E-state index >= 15 is 0 Å². The van der Waals surface area contributed by atoms with Crippen LogP contribution in [0.5, 0.6) is 5.75 Å². The molecule has 134 valence electrons. The summed E-state index contributed by atoms with van der Waals surface area (Å²) in [6, 6.07) is 12.6. The standard InChI is InChI=1S/C16H18N2O5S2/c1-23-15-8-2-3-9-16(15)25(21,22)17-13-6-4-7-14(12-13)18-10-5-11-24(18,19)20/h2-4,6-9,12,17H,5,10-11H2,1H3. The molecule has 0 bridgehead atoms. The van der Waals surface area contributed by atoms with Crippen molar-refractivity contribution in [3.63, 3.8) is 0 Å². The van der Waals surface area contributed by atoms with Crippen molar-refractivity contribution in [3.8, 4) is 5.75 Å². The summed E-state index contributed by atoms with van der Waals surface area (Å²) in [7, 11) is -5.80. The number of methoxy groups -OCH3 is 1. The number of hydrogen-bond donors (Lipinski definition) is 1. The van der Waals surface area contributed by atoms with Crippen LogP contribution in [-0.4, -0.2) is 36.2 Å². The Bertz CT molecular complexity index is 987. The lowest BCUT2D eigenvalue weighted by Crippen LogP contribution is -2.25. The van der Waals surface area contributed by atoms with Crippen LogP contribution in [0.25, 0.3) is 0 Å². The van der Waals surface area contributed by atoms with Gasteiger partial charge in [0.15, 0.2) is 0 Å². The molecule has 0 aromatic heterocycles. The molecule has 2 aromatic rings. The van der Waals surface area contributed by atoms with Gasteiger partial charge >= 0.3 is 0 Å². The van der Waals surface area contributed by atoms with Gasteiger partial charge in [-0.25, -0.2) is 16.8 Å². The van der Waals surface area contributed by atoms with Crippen molar-refractivity contribution in [2.75, 3.05) is 28.4 Å². The van der Waals surface area contributed by atoms with Crippen LogP contribution in [0.4, 0.5) is 11.4 Å². The van der Waals surface area contributed by atoms with Crippen molar-refractivity contribution in [1.82, 2.24) is 0 Å². The van der Waals surface area contributed by atoms with Crippen molar-refractivity contribution in [2.45, 2.75) is 11.3 Å². The molecule has 0 spiro atoms. The Morgan fingerprint density at radius 1 is 1.12 bits per heavy atom. The lowest BCUT2D eigenvalue weighted by atomic mass is 10.3. The Balaban J connectivity index is 1.92. The number of anilines is 2. The highest BCUT2D eigenvalue weighted by molar-refractivity contribution is 7.93. The lowest BCUT2D eigenvalue weighted by Gasteiger charge is -2.18. The monoisotopic (exact) mass is 382 g/mol. The van der Waals surface area contributed by atoms with Crippen LogP contribution in [0.1, 0.15) is 6.42 Å². The molecule has 0 atom stereocenters.